The summed E-state index contributed by atoms with van der Waals surface area (Å²) < 4.78 is 13.5. The zero-order valence-electron chi connectivity index (χ0n) is 19.4. The van der Waals surface area contributed by atoms with E-state index in [1.807, 2.05) is 25.3 Å². The third kappa shape index (κ3) is 3.27. The van der Waals surface area contributed by atoms with Crippen LogP contribution in [0.3, 0.4) is 0 Å². The van der Waals surface area contributed by atoms with E-state index < -0.39 is 5.66 Å². The summed E-state index contributed by atoms with van der Waals surface area (Å²) in [5, 5.41) is 0.953. The monoisotopic (exact) mass is 472 g/mol. The lowest BCUT2D eigenvalue weighted by Crippen LogP contribution is -2.64. The van der Waals surface area contributed by atoms with Gasteiger partial charge in [-0.25, -0.2) is 4.39 Å². The first-order valence-electron chi connectivity index (χ1n) is 11.8. The van der Waals surface area contributed by atoms with Crippen LogP contribution in [0.25, 0.3) is 16.5 Å². The average molecular weight is 473 g/mol. The quantitative estimate of drug-likeness (QED) is 0.628. The van der Waals surface area contributed by atoms with Crippen LogP contribution in [0.1, 0.15) is 42.1 Å². The highest BCUT2D eigenvalue weighted by Gasteiger charge is 2.53. The number of para-hydroxylation sites is 1. The number of anilines is 1. The standard InChI is InChI=1S/C27H25FN4O3/c1-27-11-8-24(33)32(27)23-5-3-2-4-20(23)26(35)31(27)16-25(34)30-12-9-17(10-13-30)21-15-29-22-14-18(28)6-7-19(21)22/h2-7,9,14-15,29H,8,10-13,16H2,1H3. The van der Waals surface area contributed by atoms with Crippen molar-refractivity contribution in [1.82, 2.24) is 14.8 Å². The molecular weight excluding hydrogens is 447 g/mol. The Morgan fingerprint density at radius 3 is 2.74 bits per heavy atom. The SMILES string of the molecule is CC12CCC(=O)N1c1ccccc1C(=O)N2CC(=O)N1CC=C(c2c[nH]c3cc(F)ccc23)CC1. The molecule has 3 aliphatic heterocycles. The van der Waals surface area contributed by atoms with E-state index in [1.54, 1.807) is 39.0 Å². The summed E-state index contributed by atoms with van der Waals surface area (Å²) in [7, 11) is 0. The number of aromatic nitrogens is 1. The molecule has 2 aromatic carbocycles. The van der Waals surface area contributed by atoms with E-state index in [9.17, 15) is 18.8 Å². The summed E-state index contributed by atoms with van der Waals surface area (Å²) in [6.07, 6.45) is 5.39. The Balaban J connectivity index is 1.23. The highest BCUT2D eigenvalue weighted by Crippen LogP contribution is 2.44. The van der Waals surface area contributed by atoms with Gasteiger partial charge in [-0.2, -0.15) is 0 Å². The summed E-state index contributed by atoms with van der Waals surface area (Å²) >= 11 is 0. The zero-order valence-corrected chi connectivity index (χ0v) is 19.4. The smallest absolute Gasteiger partial charge is 0.258 e. The van der Waals surface area contributed by atoms with Gasteiger partial charge in [-0.3, -0.25) is 19.3 Å². The van der Waals surface area contributed by atoms with Crippen molar-refractivity contribution in [3.8, 4) is 0 Å². The van der Waals surface area contributed by atoms with Gasteiger partial charge in [0, 0.05) is 42.2 Å². The number of benzene rings is 2. The Morgan fingerprint density at radius 1 is 1.11 bits per heavy atom. The Labute approximate surface area is 201 Å². The van der Waals surface area contributed by atoms with Crippen LogP contribution in [0.4, 0.5) is 10.1 Å². The number of nitrogens with one attached hydrogen (secondary N) is 1. The topological polar surface area (TPSA) is 76.7 Å². The van der Waals surface area contributed by atoms with Crippen LogP contribution >= 0.6 is 0 Å². The lowest BCUT2D eigenvalue weighted by atomic mass is 9.97. The fraction of sp³-hybridized carbons (Fsp3) is 0.296. The number of halogens is 1. The van der Waals surface area contributed by atoms with Crippen LogP contribution in [0, 0.1) is 5.82 Å². The van der Waals surface area contributed by atoms with Crippen LogP contribution < -0.4 is 4.90 Å². The molecule has 1 atom stereocenters. The fourth-order valence-corrected chi connectivity index (χ4v) is 5.68. The largest absolute Gasteiger partial charge is 0.360 e. The first-order valence-corrected chi connectivity index (χ1v) is 11.8. The second-order valence-corrected chi connectivity index (χ2v) is 9.57. The molecule has 0 bridgehead atoms. The maximum absolute atomic E-state index is 13.5. The van der Waals surface area contributed by atoms with Gasteiger partial charge in [0.25, 0.3) is 5.91 Å². The highest BCUT2D eigenvalue weighted by molar-refractivity contribution is 6.11. The van der Waals surface area contributed by atoms with Gasteiger partial charge in [-0.05, 0) is 55.7 Å². The van der Waals surface area contributed by atoms with Crippen LogP contribution in [0.5, 0.6) is 0 Å². The van der Waals surface area contributed by atoms with E-state index in [4.69, 9.17) is 0 Å². The Hall–Kier alpha value is -3.94. The lowest BCUT2D eigenvalue weighted by Gasteiger charge is -2.48. The van der Waals surface area contributed by atoms with Crippen molar-refractivity contribution in [3.05, 3.63) is 71.7 Å². The molecule has 0 aliphatic carbocycles. The molecule has 3 amide bonds. The molecule has 1 N–H and O–H groups in total. The van der Waals surface area contributed by atoms with Gasteiger partial charge in [0.15, 0.2) is 0 Å². The van der Waals surface area contributed by atoms with Gasteiger partial charge in [-0.1, -0.05) is 18.2 Å². The Bertz CT molecular complexity index is 1430. The van der Waals surface area contributed by atoms with Crippen LogP contribution in [-0.4, -0.2) is 57.8 Å². The molecule has 3 aromatic rings. The van der Waals surface area contributed by atoms with Gasteiger partial charge < -0.3 is 14.8 Å². The van der Waals surface area contributed by atoms with E-state index in [0.717, 1.165) is 22.0 Å². The van der Waals surface area contributed by atoms with Crippen LogP contribution in [0.15, 0.2) is 54.7 Å². The maximum atomic E-state index is 13.5. The van der Waals surface area contributed by atoms with Crippen molar-refractivity contribution in [3.63, 3.8) is 0 Å². The number of carbonyl (C=O) groups is 3. The second-order valence-electron chi connectivity index (χ2n) is 9.57. The molecule has 7 nitrogen and oxygen atoms in total. The van der Waals surface area contributed by atoms with Crippen molar-refractivity contribution in [1.29, 1.82) is 0 Å². The molecule has 0 spiro atoms. The number of carbonyl (C=O) groups excluding carboxylic acids is 3. The molecule has 4 heterocycles. The predicted octanol–water partition coefficient (Wildman–Crippen LogP) is 3.92. The molecule has 1 saturated heterocycles. The molecule has 35 heavy (non-hydrogen) atoms. The van der Waals surface area contributed by atoms with Gasteiger partial charge in [0.1, 0.15) is 18.0 Å². The van der Waals surface area contributed by atoms with E-state index in [-0.39, 0.29) is 30.1 Å². The molecule has 6 rings (SSSR count). The molecule has 1 aromatic heterocycles. The normalized spacial score (nSPS) is 21.9. The van der Waals surface area contributed by atoms with Crippen molar-refractivity contribution >= 4 is 39.9 Å². The average Bonchev–Trinajstić information content (AvgIpc) is 3.42. The van der Waals surface area contributed by atoms with Crippen molar-refractivity contribution in [2.45, 2.75) is 31.8 Å². The third-order valence-corrected chi connectivity index (χ3v) is 7.59. The van der Waals surface area contributed by atoms with Crippen molar-refractivity contribution < 1.29 is 18.8 Å². The minimum Gasteiger partial charge on any atom is -0.360 e. The van der Waals surface area contributed by atoms with E-state index in [1.165, 1.54) is 12.1 Å². The second kappa shape index (κ2) is 7.80. The molecule has 3 aliphatic rings. The number of hydrogen-bond donors (Lipinski definition) is 1. The van der Waals surface area contributed by atoms with E-state index >= 15 is 0 Å². The number of nitrogens with zero attached hydrogens (tertiary/aromatic N) is 3. The van der Waals surface area contributed by atoms with Gasteiger partial charge in [-0.15, -0.1) is 0 Å². The third-order valence-electron chi connectivity index (χ3n) is 7.59. The van der Waals surface area contributed by atoms with Crippen LogP contribution in [-0.2, 0) is 9.59 Å². The predicted molar refractivity (Wildman–Crippen MR) is 130 cm³/mol. The van der Waals surface area contributed by atoms with Gasteiger partial charge in [0.05, 0.1) is 11.3 Å². The summed E-state index contributed by atoms with van der Waals surface area (Å²) in [6.45, 7) is 2.74. The van der Waals surface area contributed by atoms with Crippen LogP contribution in [0.2, 0.25) is 0 Å². The van der Waals surface area contributed by atoms with E-state index in [0.29, 0.717) is 43.6 Å². The number of hydrogen-bond acceptors (Lipinski definition) is 3. The Morgan fingerprint density at radius 2 is 1.94 bits per heavy atom. The number of rotatable bonds is 3. The van der Waals surface area contributed by atoms with Crippen molar-refractivity contribution in [2.75, 3.05) is 24.5 Å². The molecule has 1 fully saturated rings. The maximum Gasteiger partial charge on any atom is 0.258 e. The Kier molecular flexibility index (Phi) is 4.81. The molecule has 0 radical (unpaired) electrons. The molecule has 1 unspecified atom stereocenters. The first kappa shape index (κ1) is 21.6. The lowest BCUT2D eigenvalue weighted by molar-refractivity contribution is -0.133. The first-order chi connectivity index (χ1) is 16.9. The summed E-state index contributed by atoms with van der Waals surface area (Å²) in [5.41, 5.74) is 3.08. The number of fused-ring (bicyclic) bond motifs is 4. The van der Waals surface area contributed by atoms with Gasteiger partial charge >= 0.3 is 0 Å². The van der Waals surface area contributed by atoms with Crippen molar-refractivity contribution in [2.24, 2.45) is 0 Å². The van der Waals surface area contributed by atoms with E-state index in [2.05, 4.69) is 4.98 Å². The number of H-pyrrole nitrogens is 1. The summed E-state index contributed by atoms with van der Waals surface area (Å²) in [5.74, 6) is -0.684. The molecular formula is C27H25FN4O3. The minimum atomic E-state index is -0.853. The molecule has 0 saturated carbocycles. The van der Waals surface area contributed by atoms with Gasteiger partial charge in [0.2, 0.25) is 11.8 Å². The number of amides is 3. The number of aromatic amines is 1. The fourth-order valence-electron chi connectivity index (χ4n) is 5.68. The molecule has 8 heteroatoms. The summed E-state index contributed by atoms with van der Waals surface area (Å²) in [4.78, 5) is 47.6. The minimum absolute atomic E-state index is 0.0333. The molecule has 178 valence electrons. The highest BCUT2D eigenvalue weighted by atomic mass is 19.1. The zero-order chi connectivity index (χ0) is 24.3. The summed E-state index contributed by atoms with van der Waals surface area (Å²) in [6, 6.07) is 11.8.